The van der Waals surface area contributed by atoms with E-state index in [1.165, 1.54) is 18.3 Å². The summed E-state index contributed by atoms with van der Waals surface area (Å²) in [4.78, 5) is 2.24. The Morgan fingerprint density at radius 3 is 2.38 bits per heavy atom. The molecule has 0 saturated carbocycles. The number of rotatable bonds is 4. The third kappa shape index (κ3) is 6.48. The van der Waals surface area contributed by atoms with Crippen LogP contribution in [0, 0.1) is 0 Å². The normalized spacial score (nSPS) is 10.5. The van der Waals surface area contributed by atoms with Gasteiger partial charge < -0.3 is 0 Å². The molecule has 0 aromatic heterocycles. The molecule has 2 heteroatoms. The van der Waals surface area contributed by atoms with Crippen molar-refractivity contribution in [1.29, 1.82) is 0 Å². The Kier molecular flexibility index (Phi) is 5.95. The van der Waals surface area contributed by atoms with Gasteiger partial charge >= 0.3 is 58.1 Å². The molecule has 0 aliphatic heterocycles. The molecule has 0 spiro atoms. The van der Waals surface area contributed by atoms with Crippen LogP contribution in [-0.4, -0.2) is 40.5 Å². The summed E-state index contributed by atoms with van der Waals surface area (Å²) in [6.07, 6.45) is 1.38. The summed E-state index contributed by atoms with van der Waals surface area (Å²) in [7, 11) is 4.26. The Hall–Kier alpha value is 0.479. The molecule has 0 aromatic rings. The Bertz CT molecular complexity index is 45.8. The SMILES string of the molecule is C[Se]CCCN(C)C. The van der Waals surface area contributed by atoms with Crippen LogP contribution in [-0.2, 0) is 0 Å². The van der Waals surface area contributed by atoms with Crippen LogP contribution in [0.1, 0.15) is 6.42 Å². The van der Waals surface area contributed by atoms with Crippen LogP contribution in [0.25, 0.3) is 0 Å². The number of hydrogen-bond donors (Lipinski definition) is 0. The van der Waals surface area contributed by atoms with Gasteiger partial charge in [0.1, 0.15) is 0 Å². The van der Waals surface area contributed by atoms with Crippen LogP contribution >= 0.6 is 0 Å². The molecule has 0 rings (SSSR count). The minimum atomic E-state index is 0.885. The summed E-state index contributed by atoms with van der Waals surface area (Å²) < 4.78 is 0. The zero-order chi connectivity index (χ0) is 6.41. The van der Waals surface area contributed by atoms with Gasteiger partial charge in [0.05, 0.1) is 0 Å². The van der Waals surface area contributed by atoms with E-state index in [4.69, 9.17) is 0 Å². The number of nitrogens with zero attached hydrogens (tertiary/aromatic N) is 1. The molecule has 0 aliphatic carbocycles. The summed E-state index contributed by atoms with van der Waals surface area (Å²) in [5, 5.41) is 1.44. The molecule has 1 nitrogen and oxygen atoms in total. The third-order valence-corrected chi connectivity index (χ3v) is 2.42. The zero-order valence-electron chi connectivity index (χ0n) is 5.98. The van der Waals surface area contributed by atoms with Crippen molar-refractivity contribution in [2.75, 3.05) is 20.6 Å². The molecular weight excluding hydrogens is 165 g/mol. The van der Waals surface area contributed by atoms with Crippen LogP contribution in [0.15, 0.2) is 0 Å². The summed E-state index contributed by atoms with van der Waals surface area (Å²) in [5.74, 6) is 2.29. The van der Waals surface area contributed by atoms with E-state index < -0.39 is 0 Å². The Morgan fingerprint density at radius 1 is 1.38 bits per heavy atom. The molecule has 0 saturated heterocycles. The van der Waals surface area contributed by atoms with Crippen molar-refractivity contribution in [3.8, 4) is 0 Å². The zero-order valence-corrected chi connectivity index (χ0v) is 7.69. The van der Waals surface area contributed by atoms with Gasteiger partial charge in [-0.25, -0.2) is 0 Å². The summed E-state index contributed by atoms with van der Waals surface area (Å²) in [5.41, 5.74) is 0. The van der Waals surface area contributed by atoms with E-state index in [1.54, 1.807) is 0 Å². The second-order valence-corrected chi connectivity index (χ2v) is 4.22. The molecule has 0 fully saturated rings. The summed E-state index contributed by atoms with van der Waals surface area (Å²) in [6, 6.07) is 0. The Labute approximate surface area is 58.6 Å². The van der Waals surface area contributed by atoms with Gasteiger partial charge in [-0.05, 0) is 0 Å². The molecular formula is C6H15NSe. The van der Waals surface area contributed by atoms with E-state index in [1.807, 2.05) is 0 Å². The average molecular weight is 180 g/mol. The van der Waals surface area contributed by atoms with E-state index in [9.17, 15) is 0 Å². The van der Waals surface area contributed by atoms with Gasteiger partial charge in [0, 0.05) is 0 Å². The van der Waals surface area contributed by atoms with Gasteiger partial charge in [0.15, 0.2) is 0 Å². The number of hydrogen-bond acceptors (Lipinski definition) is 1. The van der Waals surface area contributed by atoms with Crippen molar-refractivity contribution in [2.45, 2.75) is 17.6 Å². The first kappa shape index (κ1) is 8.48. The second-order valence-electron chi connectivity index (χ2n) is 2.15. The van der Waals surface area contributed by atoms with Crippen LogP contribution in [0.5, 0.6) is 0 Å². The van der Waals surface area contributed by atoms with Gasteiger partial charge in [-0.1, -0.05) is 0 Å². The molecule has 0 aliphatic rings. The fraction of sp³-hybridized carbons (Fsp3) is 1.00. The topological polar surface area (TPSA) is 3.24 Å². The van der Waals surface area contributed by atoms with Gasteiger partial charge in [0.25, 0.3) is 0 Å². The van der Waals surface area contributed by atoms with E-state index >= 15 is 0 Å². The van der Waals surface area contributed by atoms with E-state index in [-0.39, 0.29) is 0 Å². The summed E-state index contributed by atoms with van der Waals surface area (Å²) >= 11 is 0.885. The van der Waals surface area contributed by atoms with Gasteiger partial charge in [0.2, 0.25) is 0 Å². The molecule has 8 heavy (non-hydrogen) atoms. The van der Waals surface area contributed by atoms with Crippen molar-refractivity contribution in [3.63, 3.8) is 0 Å². The third-order valence-electron chi connectivity index (χ3n) is 0.954. The Balaban J connectivity index is 2.72. The van der Waals surface area contributed by atoms with Crippen molar-refractivity contribution in [2.24, 2.45) is 0 Å². The molecule has 0 aromatic carbocycles. The van der Waals surface area contributed by atoms with Crippen LogP contribution in [0.4, 0.5) is 0 Å². The standard InChI is InChI=1S/C6H15NSe/c1-7(2)5-4-6-8-3/h4-6H2,1-3H3. The summed E-state index contributed by atoms with van der Waals surface area (Å²) in [6.45, 7) is 1.26. The molecule has 0 unspecified atom stereocenters. The first-order chi connectivity index (χ1) is 3.77. The molecule has 0 N–H and O–H groups in total. The predicted octanol–water partition coefficient (Wildman–Crippen LogP) is 1.11. The predicted molar refractivity (Wildman–Crippen MR) is 39.6 cm³/mol. The fourth-order valence-electron chi connectivity index (χ4n) is 0.525. The maximum absolute atomic E-state index is 2.29. The first-order valence-electron chi connectivity index (χ1n) is 2.91. The van der Waals surface area contributed by atoms with Gasteiger partial charge in [-0.15, -0.1) is 0 Å². The van der Waals surface area contributed by atoms with Crippen LogP contribution in [0.2, 0.25) is 11.1 Å². The Morgan fingerprint density at radius 2 is 2.00 bits per heavy atom. The molecule has 50 valence electrons. The molecule has 0 radical (unpaired) electrons. The molecule has 0 amide bonds. The molecule has 0 atom stereocenters. The van der Waals surface area contributed by atoms with Crippen LogP contribution < -0.4 is 0 Å². The molecule has 0 heterocycles. The van der Waals surface area contributed by atoms with Gasteiger partial charge in [-0.3, -0.25) is 0 Å². The van der Waals surface area contributed by atoms with Gasteiger partial charge in [-0.2, -0.15) is 0 Å². The van der Waals surface area contributed by atoms with Crippen molar-refractivity contribution in [3.05, 3.63) is 0 Å². The van der Waals surface area contributed by atoms with E-state index in [2.05, 4.69) is 24.8 Å². The van der Waals surface area contributed by atoms with Crippen LogP contribution in [0.3, 0.4) is 0 Å². The van der Waals surface area contributed by atoms with E-state index in [0.29, 0.717) is 0 Å². The molecule has 0 bridgehead atoms. The minimum absolute atomic E-state index is 0.885. The monoisotopic (exact) mass is 181 g/mol. The first-order valence-corrected chi connectivity index (χ1v) is 5.83. The average Bonchev–Trinajstić information content (AvgIpc) is 1.66. The fourth-order valence-corrected chi connectivity index (χ4v) is 1.40. The maximum atomic E-state index is 2.29. The van der Waals surface area contributed by atoms with Crippen molar-refractivity contribution < 1.29 is 0 Å². The van der Waals surface area contributed by atoms with E-state index in [0.717, 1.165) is 15.0 Å². The van der Waals surface area contributed by atoms with Crippen molar-refractivity contribution >= 4 is 15.0 Å². The van der Waals surface area contributed by atoms with Crippen molar-refractivity contribution in [1.82, 2.24) is 4.90 Å². The quantitative estimate of drug-likeness (QED) is 0.462. The second kappa shape index (κ2) is 5.61.